The smallest absolute Gasteiger partial charge is 0.149 e. The van der Waals surface area contributed by atoms with E-state index in [1.165, 1.54) is 11.6 Å². The fourth-order valence-corrected chi connectivity index (χ4v) is 6.41. The molecule has 4 heterocycles. The predicted molar refractivity (Wildman–Crippen MR) is 139 cm³/mol. The second-order valence-corrected chi connectivity index (χ2v) is 11.1. The maximum absolute atomic E-state index is 14.4. The first kappa shape index (κ1) is 23.1. The topological polar surface area (TPSA) is 63.1 Å². The van der Waals surface area contributed by atoms with E-state index in [9.17, 15) is 8.60 Å². The summed E-state index contributed by atoms with van der Waals surface area (Å²) >= 11 is 1.55. The average Bonchev–Trinajstić information content (AvgIpc) is 3.50. The zero-order valence-electron chi connectivity index (χ0n) is 19.3. The molecule has 4 aromatic rings. The predicted octanol–water partition coefficient (Wildman–Crippen LogP) is 4.72. The fourth-order valence-electron chi connectivity index (χ4n) is 4.61. The first-order valence-electron chi connectivity index (χ1n) is 11.5. The zero-order valence-corrected chi connectivity index (χ0v) is 21.0. The number of aromatic nitrogens is 3. The van der Waals surface area contributed by atoms with Crippen molar-refractivity contribution in [3.05, 3.63) is 58.8 Å². The highest BCUT2D eigenvalue weighted by Gasteiger charge is 2.22. The van der Waals surface area contributed by atoms with Crippen molar-refractivity contribution in [3.8, 4) is 17.1 Å². The van der Waals surface area contributed by atoms with Crippen molar-refractivity contribution in [3.63, 3.8) is 0 Å². The third kappa shape index (κ3) is 4.64. The van der Waals surface area contributed by atoms with Crippen LogP contribution in [0.25, 0.3) is 28.1 Å². The highest BCUT2D eigenvalue weighted by molar-refractivity contribution is 7.85. The van der Waals surface area contributed by atoms with E-state index in [-0.39, 0.29) is 5.82 Å². The lowest BCUT2D eigenvalue weighted by molar-refractivity contribution is 0.231. The standard InChI is InChI=1S/C25H28FN5OS2/c1-27-23-5-3-17(13-21(23)26)22-6-4-20-18(7-10-30(2)19-8-11-34(32)12-9-19)14-31(25(20)29-22)24-15-33-16-28-24/h3-6,13-16,19,27H,7-12H2,1-2H3. The molecule has 1 fully saturated rings. The number of thiazole rings is 1. The third-order valence-electron chi connectivity index (χ3n) is 6.65. The summed E-state index contributed by atoms with van der Waals surface area (Å²) in [7, 11) is 3.23. The Bertz CT molecular complexity index is 1310. The van der Waals surface area contributed by atoms with Gasteiger partial charge in [0.05, 0.1) is 16.9 Å². The minimum atomic E-state index is -0.643. The van der Waals surface area contributed by atoms with Crippen LogP contribution < -0.4 is 5.32 Å². The molecule has 178 valence electrons. The van der Waals surface area contributed by atoms with Crippen molar-refractivity contribution in [1.29, 1.82) is 0 Å². The molecule has 9 heteroatoms. The van der Waals surface area contributed by atoms with Crippen LogP contribution in [0, 0.1) is 5.82 Å². The molecule has 0 radical (unpaired) electrons. The number of anilines is 1. The fraction of sp³-hybridized carbons (Fsp3) is 0.360. The highest BCUT2D eigenvalue weighted by atomic mass is 32.2. The van der Waals surface area contributed by atoms with E-state index in [1.54, 1.807) is 24.5 Å². The number of hydrogen-bond acceptors (Lipinski definition) is 6. The van der Waals surface area contributed by atoms with Crippen LogP contribution in [0.3, 0.4) is 0 Å². The minimum Gasteiger partial charge on any atom is -0.386 e. The number of fused-ring (bicyclic) bond motifs is 1. The summed E-state index contributed by atoms with van der Waals surface area (Å²) in [5, 5.41) is 5.95. The normalized spacial score (nSPS) is 18.6. The molecular formula is C25H28FN5OS2. The molecule has 6 nitrogen and oxygen atoms in total. The molecule has 0 amide bonds. The molecule has 0 spiro atoms. The number of likely N-dealkylation sites (N-methyl/N-ethyl adjacent to an activating group) is 1. The van der Waals surface area contributed by atoms with Crippen LogP contribution >= 0.6 is 11.3 Å². The first-order chi connectivity index (χ1) is 16.5. The van der Waals surface area contributed by atoms with Crippen molar-refractivity contribution in [2.45, 2.75) is 25.3 Å². The lowest BCUT2D eigenvalue weighted by Gasteiger charge is -2.30. The molecule has 34 heavy (non-hydrogen) atoms. The Hall–Kier alpha value is -2.62. The van der Waals surface area contributed by atoms with E-state index >= 15 is 0 Å². The summed E-state index contributed by atoms with van der Waals surface area (Å²) in [6, 6.07) is 9.67. The molecule has 5 rings (SSSR count). The zero-order chi connectivity index (χ0) is 23.7. The van der Waals surface area contributed by atoms with Crippen molar-refractivity contribution in [2.24, 2.45) is 0 Å². The minimum absolute atomic E-state index is 0.299. The van der Waals surface area contributed by atoms with Crippen LogP contribution in [-0.4, -0.2) is 61.8 Å². The third-order valence-corrected chi connectivity index (χ3v) is 8.61. The average molecular weight is 498 g/mol. The van der Waals surface area contributed by atoms with Crippen LogP contribution in [0.15, 0.2) is 47.4 Å². The van der Waals surface area contributed by atoms with E-state index in [0.29, 0.717) is 11.7 Å². The summed E-state index contributed by atoms with van der Waals surface area (Å²) in [4.78, 5) is 11.8. The van der Waals surface area contributed by atoms with Gasteiger partial charge in [0.2, 0.25) is 0 Å². The Labute approximate surface area is 205 Å². The summed E-state index contributed by atoms with van der Waals surface area (Å²) in [5.41, 5.74) is 5.78. The number of pyridine rings is 1. The lowest BCUT2D eigenvalue weighted by atomic mass is 10.1. The SMILES string of the molecule is CNc1ccc(-c2ccc3c(CCN(C)C4CCS(=O)CC4)cn(-c4cscn4)c3n2)cc1F. The number of rotatable bonds is 7. The Kier molecular flexibility index (Phi) is 6.76. The monoisotopic (exact) mass is 497 g/mol. The second kappa shape index (κ2) is 9.93. The van der Waals surface area contributed by atoms with Crippen LogP contribution in [-0.2, 0) is 17.2 Å². The molecular weight excluding hydrogens is 469 g/mol. The lowest BCUT2D eigenvalue weighted by Crippen LogP contribution is -2.38. The second-order valence-electron chi connectivity index (χ2n) is 8.69. The number of nitrogens with one attached hydrogen (secondary N) is 1. The van der Waals surface area contributed by atoms with Gasteiger partial charge in [0, 0.05) is 64.5 Å². The molecule has 1 aromatic carbocycles. The van der Waals surface area contributed by atoms with E-state index in [4.69, 9.17) is 4.98 Å². The van der Waals surface area contributed by atoms with E-state index in [0.717, 1.165) is 65.4 Å². The number of halogens is 1. The number of benzene rings is 1. The van der Waals surface area contributed by atoms with Crippen molar-refractivity contribution in [2.75, 3.05) is 37.5 Å². The van der Waals surface area contributed by atoms with Gasteiger partial charge >= 0.3 is 0 Å². The van der Waals surface area contributed by atoms with Gasteiger partial charge in [-0.1, -0.05) is 6.07 Å². The maximum atomic E-state index is 14.4. The number of hydrogen-bond donors (Lipinski definition) is 1. The van der Waals surface area contributed by atoms with Crippen LogP contribution in [0.5, 0.6) is 0 Å². The van der Waals surface area contributed by atoms with Crippen LogP contribution in [0.4, 0.5) is 10.1 Å². The van der Waals surface area contributed by atoms with Gasteiger partial charge in [-0.2, -0.15) is 0 Å². The van der Waals surface area contributed by atoms with Crippen molar-refractivity contribution < 1.29 is 8.60 Å². The van der Waals surface area contributed by atoms with Gasteiger partial charge in [-0.3, -0.25) is 8.78 Å². The van der Waals surface area contributed by atoms with Gasteiger partial charge in [0.1, 0.15) is 17.3 Å². The van der Waals surface area contributed by atoms with Gasteiger partial charge in [-0.15, -0.1) is 11.3 Å². The van der Waals surface area contributed by atoms with Crippen LogP contribution in [0.1, 0.15) is 18.4 Å². The Morgan fingerprint density at radius 3 is 2.79 bits per heavy atom. The van der Waals surface area contributed by atoms with Crippen LogP contribution in [0.2, 0.25) is 0 Å². The Morgan fingerprint density at radius 2 is 2.09 bits per heavy atom. The van der Waals surface area contributed by atoms with Gasteiger partial charge in [0.15, 0.2) is 0 Å². The summed E-state index contributed by atoms with van der Waals surface area (Å²) < 4.78 is 28.1. The van der Waals surface area contributed by atoms with Gasteiger partial charge in [-0.25, -0.2) is 14.4 Å². The summed E-state index contributed by atoms with van der Waals surface area (Å²) in [5.74, 6) is 2.15. The quantitative estimate of drug-likeness (QED) is 0.401. The van der Waals surface area contributed by atoms with E-state index in [1.807, 2.05) is 27.6 Å². The van der Waals surface area contributed by atoms with Gasteiger partial charge in [0.25, 0.3) is 0 Å². The van der Waals surface area contributed by atoms with Crippen molar-refractivity contribution >= 4 is 38.9 Å². The largest absolute Gasteiger partial charge is 0.386 e. The van der Waals surface area contributed by atoms with Gasteiger partial charge in [-0.05, 0) is 56.1 Å². The van der Waals surface area contributed by atoms with E-state index < -0.39 is 10.8 Å². The van der Waals surface area contributed by atoms with Crippen molar-refractivity contribution in [1.82, 2.24) is 19.4 Å². The summed E-state index contributed by atoms with van der Waals surface area (Å²) in [6.07, 6.45) is 5.01. The molecule has 1 N–H and O–H groups in total. The molecule has 0 aliphatic carbocycles. The molecule has 1 saturated heterocycles. The number of nitrogens with zero attached hydrogens (tertiary/aromatic N) is 4. The van der Waals surface area contributed by atoms with Gasteiger partial charge < -0.3 is 10.2 Å². The maximum Gasteiger partial charge on any atom is 0.149 e. The Balaban J connectivity index is 1.46. The first-order valence-corrected chi connectivity index (χ1v) is 13.9. The Morgan fingerprint density at radius 1 is 1.26 bits per heavy atom. The molecule has 0 saturated carbocycles. The summed E-state index contributed by atoms with van der Waals surface area (Å²) in [6.45, 7) is 0.923. The molecule has 3 aromatic heterocycles. The van der Waals surface area contributed by atoms with E-state index in [2.05, 4.69) is 34.5 Å². The molecule has 1 aliphatic heterocycles. The molecule has 0 atom stereocenters. The molecule has 0 bridgehead atoms. The highest BCUT2D eigenvalue weighted by Crippen LogP contribution is 2.29. The molecule has 0 unspecified atom stereocenters. The molecule has 1 aliphatic rings.